The molecule has 4 rings (SSSR count). The molecule has 1 aliphatic rings. The number of rotatable bonds is 7. The summed E-state index contributed by atoms with van der Waals surface area (Å²) < 4.78 is 13.1. The number of imidazole rings is 1. The molecule has 0 spiro atoms. The zero-order chi connectivity index (χ0) is 22.5. The molecule has 7 heteroatoms. The van der Waals surface area contributed by atoms with E-state index in [0.717, 1.165) is 36.2 Å². The highest BCUT2D eigenvalue weighted by molar-refractivity contribution is 5.78. The van der Waals surface area contributed by atoms with Crippen molar-refractivity contribution in [2.75, 3.05) is 44.8 Å². The largest absolute Gasteiger partial charge is 0.497 e. The summed E-state index contributed by atoms with van der Waals surface area (Å²) in [4.78, 5) is 21.3. The number of benzene rings is 2. The molecular weight excluding hydrogens is 404 g/mol. The van der Waals surface area contributed by atoms with Crippen LogP contribution in [0.1, 0.15) is 25.3 Å². The van der Waals surface area contributed by atoms with Crippen molar-refractivity contribution < 1.29 is 14.3 Å². The first-order valence-electron chi connectivity index (χ1n) is 11.0. The van der Waals surface area contributed by atoms with Gasteiger partial charge in [0, 0.05) is 44.6 Å². The molecule has 0 atom stereocenters. The first-order chi connectivity index (χ1) is 15.5. The van der Waals surface area contributed by atoms with Crippen LogP contribution in [0.3, 0.4) is 0 Å². The van der Waals surface area contributed by atoms with Gasteiger partial charge in [-0.3, -0.25) is 9.36 Å². The number of anilines is 1. The summed E-state index contributed by atoms with van der Waals surface area (Å²) in [6.45, 7) is 7.08. The number of hydrogen-bond donors (Lipinski definition) is 0. The van der Waals surface area contributed by atoms with Gasteiger partial charge in [0.25, 0.3) is 5.91 Å². The average Bonchev–Trinajstić information content (AvgIpc) is 3.33. The minimum atomic E-state index is 0.00808. The van der Waals surface area contributed by atoms with E-state index in [9.17, 15) is 4.79 Å². The first kappa shape index (κ1) is 21.7. The third-order valence-corrected chi connectivity index (χ3v) is 5.78. The van der Waals surface area contributed by atoms with Crippen molar-refractivity contribution in [3.8, 4) is 17.2 Å². The van der Waals surface area contributed by atoms with Crippen LogP contribution in [0, 0.1) is 0 Å². The predicted molar refractivity (Wildman–Crippen MR) is 125 cm³/mol. The highest BCUT2D eigenvalue weighted by atomic mass is 16.5. The monoisotopic (exact) mass is 434 g/mol. The zero-order valence-electron chi connectivity index (χ0n) is 18.9. The molecule has 1 fully saturated rings. The number of piperazine rings is 1. The van der Waals surface area contributed by atoms with Gasteiger partial charge in [0.15, 0.2) is 6.61 Å². The topological polar surface area (TPSA) is 59.8 Å². The molecule has 3 aromatic rings. The van der Waals surface area contributed by atoms with Crippen molar-refractivity contribution in [2.45, 2.75) is 19.8 Å². The Morgan fingerprint density at radius 3 is 2.47 bits per heavy atom. The van der Waals surface area contributed by atoms with Crippen molar-refractivity contribution in [1.29, 1.82) is 0 Å². The Bertz CT molecular complexity index is 1040. The molecule has 0 aliphatic carbocycles. The zero-order valence-corrected chi connectivity index (χ0v) is 18.9. The van der Waals surface area contributed by atoms with Crippen molar-refractivity contribution in [1.82, 2.24) is 14.5 Å². The number of carbonyl (C=O) groups is 1. The van der Waals surface area contributed by atoms with Crippen LogP contribution in [0.2, 0.25) is 0 Å². The third-order valence-electron chi connectivity index (χ3n) is 5.78. The molecule has 168 valence electrons. The second kappa shape index (κ2) is 9.77. The van der Waals surface area contributed by atoms with Gasteiger partial charge in [0.2, 0.25) is 5.95 Å². The molecule has 1 saturated heterocycles. The fraction of sp³-hybridized carbons (Fsp3) is 0.360. The smallest absolute Gasteiger partial charge is 0.260 e. The van der Waals surface area contributed by atoms with Gasteiger partial charge < -0.3 is 19.3 Å². The molecule has 2 aromatic carbocycles. The number of hydrogen-bond acceptors (Lipinski definition) is 5. The van der Waals surface area contributed by atoms with Crippen LogP contribution in [0.25, 0.3) is 5.69 Å². The summed E-state index contributed by atoms with van der Waals surface area (Å²) in [6.07, 6.45) is 3.74. The Hall–Kier alpha value is -3.48. The van der Waals surface area contributed by atoms with Crippen LogP contribution in [-0.2, 0) is 4.79 Å². The molecule has 0 unspecified atom stereocenters. The summed E-state index contributed by atoms with van der Waals surface area (Å²) in [7, 11) is 1.66. The molecule has 32 heavy (non-hydrogen) atoms. The quantitative estimate of drug-likeness (QED) is 0.567. The van der Waals surface area contributed by atoms with E-state index in [1.54, 1.807) is 13.3 Å². The Labute approximate surface area is 189 Å². The maximum Gasteiger partial charge on any atom is 0.260 e. The molecule has 0 bridgehead atoms. The van der Waals surface area contributed by atoms with Gasteiger partial charge in [0.1, 0.15) is 11.5 Å². The molecule has 1 aliphatic heterocycles. The number of methoxy groups -OCH3 is 1. The molecule has 1 aromatic heterocycles. The van der Waals surface area contributed by atoms with Gasteiger partial charge in [-0.15, -0.1) is 0 Å². The highest BCUT2D eigenvalue weighted by Crippen LogP contribution is 2.23. The Morgan fingerprint density at radius 1 is 1.03 bits per heavy atom. The van der Waals surface area contributed by atoms with Gasteiger partial charge in [-0.25, -0.2) is 4.98 Å². The second-order valence-electron chi connectivity index (χ2n) is 8.18. The van der Waals surface area contributed by atoms with Gasteiger partial charge in [-0.1, -0.05) is 32.0 Å². The maximum atomic E-state index is 12.6. The highest BCUT2D eigenvalue weighted by Gasteiger charge is 2.24. The third kappa shape index (κ3) is 4.88. The maximum absolute atomic E-state index is 12.6. The van der Waals surface area contributed by atoms with Gasteiger partial charge in [0.05, 0.1) is 12.8 Å². The first-order valence-corrected chi connectivity index (χ1v) is 11.0. The van der Waals surface area contributed by atoms with Crippen LogP contribution in [-0.4, -0.2) is 60.3 Å². The SMILES string of the molecule is COc1cccc(-n2ccnc2N2CCN(C(=O)COc3ccc(C(C)C)cc3)CC2)c1. The van der Waals surface area contributed by atoms with Gasteiger partial charge >= 0.3 is 0 Å². The van der Waals surface area contributed by atoms with E-state index < -0.39 is 0 Å². The lowest BCUT2D eigenvalue weighted by Crippen LogP contribution is -2.50. The van der Waals surface area contributed by atoms with E-state index in [1.165, 1.54) is 5.56 Å². The van der Waals surface area contributed by atoms with Crippen LogP contribution in [0.15, 0.2) is 60.9 Å². The van der Waals surface area contributed by atoms with E-state index in [0.29, 0.717) is 19.0 Å². The molecule has 0 N–H and O–H groups in total. The minimum Gasteiger partial charge on any atom is -0.497 e. The van der Waals surface area contributed by atoms with E-state index >= 15 is 0 Å². The predicted octanol–water partition coefficient (Wildman–Crippen LogP) is 3.73. The fourth-order valence-corrected chi connectivity index (χ4v) is 3.83. The Kier molecular flexibility index (Phi) is 6.63. The van der Waals surface area contributed by atoms with Crippen LogP contribution >= 0.6 is 0 Å². The molecule has 7 nitrogen and oxygen atoms in total. The fourth-order valence-electron chi connectivity index (χ4n) is 3.83. The molecular formula is C25H30N4O3. The number of amides is 1. The van der Waals surface area contributed by atoms with Crippen LogP contribution in [0.4, 0.5) is 5.95 Å². The van der Waals surface area contributed by atoms with E-state index in [1.807, 2.05) is 64.2 Å². The summed E-state index contributed by atoms with van der Waals surface area (Å²) in [5.74, 6) is 2.88. The van der Waals surface area contributed by atoms with Gasteiger partial charge in [-0.05, 0) is 35.7 Å². The lowest BCUT2D eigenvalue weighted by atomic mass is 10.0. The summed E-state index contributed by atoms with van der Waals surface area (Å²) in [5.41, 5.74) is 2.25. The number of nitrogens with zero attached hydrogens (tertiary/aromatic N) is 4. The minimum absolute atomic E-state index is 0.00808. The number of ether oxygens (including phenoxy) is 2. The molecule has 0 saturated carbocycles. The lowest BCUT2D eigenvalue weighted by Gasteiger charge is -2.35. The van der Waals surface area contributed by atoms with Crippen molar-refractivity contribution in [3.05, 3.63) is 66.5 Å². The van der Waals surface area contributed by atoms with Crippen LogP contribution < -0.4 is 14.4 Å². The van der Waals surface area contributed by atoms with Crippen molar-refractivity contribution in [2.24, 2.45) is 0 Å². The van der Waals surface area contributed by atoms with E-state index in [4.69, 9.17) is 9.47 Å². The summed E-state index contributed by atoms with van der Waals surface area (Å²) in [5, 5.41) is 0. The second-order valence-corrected chi connectivity index (χ2v) is 8.18. The van der Waals surface area contributed by atoms with Crippen molar-refractivity contribution >= 4 is 11.9 Å². The Morgan fingerprint density at radius 2 is 1.78 bits per heavy atom. The molecule has 0 radical (unpaired) electrons. The standard InChI is InChI=1S/C25H30N4O3/c1-19(2)20-7-9-22(10-8-20)32-18-24(30)27-13-15-28(16-14-27)25-26-11-12-29(25)21-5-4-6-23(17-21)31-3/h4-12,17,19H,13-16,18H2,1-3H3. The van der Waals surface area contributed by atoms with E-state index in [-0.39, 0.29) is 12.5 Å². The summed E-state index contributed by atoms with van der Waals surface area (Å²) >= 11 is 0. The lowest BCUT2D eigenvalue weighted by molar-refractivity contribution is -0.133. The van der Waals surface area contributed by atoms with Crippen LogP contribution in [0.5, 0.6) is 11.5 Å². The van der Waals surface area contributed by atoms with E-state index in [2.05, 4.69) is 23.7 Å². The number of aromatic nitrogens is 2. The summed E-state index contributed by atoms with van der Waals surface area (Å²) in [6, 6.07) is 15.9. The molecule has 2 heterocycles. The normalized spacial score (nSPS) is 14.0. The number of carbonyl (C=O) groups excluding carboxylic acids is 1. The van der Waals surface area contributed by atoms with Crippen molar-refractivity contribution in [3.63, 3.8) is 0 Å². The molecule has 1 amide bonds. The Balaban J connectivity index is 1.32. The van der Waals surface area contributed by atoms with Gasteiger partial charge in [-0.2, -0.15) is 0 Å². The average molecular weight is 435 g/mol.